The summed E-state index contributed by atoms with van der Waals surface area (Å²) in [6, 6.07) is 9.30. The highest BCUT2D eigenvalue weighted by Crippen LogP contribution is 2.18. The van der Waals surface area contributed by atoms with Crippen LogP contribution in [0.4, 0.5) is 11.6 Å². The molecule has 1 heterocycles. The molecule has 6 nitrogen and oxygen atoms in total. The van der Waals surface area contributed by atoms with Crippen LogP contribution >= 0.6 is 0 Å². The van der Waals surface area contributed by atoms with Crippen molar-refractivity contribution in [3.05, 3.63) is 45.9 Å². The van der Waals surface area contributed by atoms with Gasteiger partial charge in [0.15, 0.2) is 0 Å². The Kier molecular flexibility index (Phi) is 4.57. The third kappa shape index (κ3) is 3.60. The summed E-state index contributed by atoms with van der Waals surface area (Å²) in [7, 11) is 0. The molecule has 21 heavy (non-hydrogen) atoms. The zero-order valence-electron chi connectivity index (χ0n) is 11.9. The molecule has 0 saturated heterocycles. The van der Waals surface area contributed by atoms with Gasteiger partial charge in [0.1, 0.15) is 5.75 Å². The summed E-state index contributed by atoms with van der Waals surface area (Å²) >= 11 is 0. The lowest BCUT2D eigenvalue weighted by Crippen LogP contribution is -2.17. The van der Waals surface area contributed by atoms with E-state index in [0.717, 1.165) is 11.4 Å². The number of aryl methyl sites for hydroxylation is 1. The zero-order valence-corrected chi connectivity index (χ0v) is 11.9. The highest BCUT2D eigenvalue weighted by atomic mass is 16.5. The van der Waals surface area contributed by atoms with Crippen molar-refractivity contribution in [2.75, 3.05) is 11.9 Å². The molecule has 0 spiro atoms. The molecule has 0 amide bonds. The normalized spacial score (nSPS) is 9.95. The predicted molar refractivity (Wildman–Crippen MR) is 79.8 cm³/mol. The summed E-state index contributed by atoms with van der Waals surface area (Å²) < 4.78 is 5.36. The number of H-pyrrole nitrogens is 1. The predicted octanol–water partition coefficient (Wildman–Crippen LogP) is 2.29. The molecule has 0 unspecified atom stereocenters. The van der Waals surface area contributed by atoms with Gasteiger partial charge < -0.3 is 10.1 Å². The number of aromatic amines is 1. The Hall–Kier alpha value is -2.81. The molecule has 0 atom stereocenters. The third-order valence-electron chi connectivity index (χ3n) is 2.91. The van der Waals surface area contributed by atoms with Gasteiger partial charge in [0.25, 0.3) is 5.56 Å². The smallest absolute Gasteiger partial charge is 0.256 e. The molecular formula is C15H16N4O2. The minimum Gasteiger partial charge on any atom is -0.494 e. The van der Waals surface area contributed by atoms with Gasteiger partial charge in [0, 0.05) is 5.69 Å². The van der Waals surface area contributed by atoms with Gasteiger partial charge in [-0.05, 0) is 38.1 Å². The van der Waals surface area contributed by atoms with Gasteiger partial charge in [0.05, 0.1) is 30.4 Å². The van der Waals surface area contributed by atoms with Gasteiger partial charge in [-0.25, -0.2) is 4.98 Å². The van der Waals surface area contributed by atoms with Crippen molar-refractivity contribution >= 4 is 11.6 Å². The average Bonchev–Trinajstić information content (AvgIpc) is 2.45. The number of benzene rings is 1. The topological polar surface area (TPSA) is 90.8 Å². The molecule has 2 aromatic rings. The number of nitriles is 1. The Labute approximate surface area is 122 Å². The number of ether oxygens (including phenoxy) is 1. The van der Waals surface area contributed by atoms with Gasteiger partial charge in [-0.3, -0.25) is 9.78 Å². The quantitative estimate of drug-likeness (QED) is 0.879. The Balaban J connectivity index is 2.20. The summed E-state index contributed by atoms with van der Waals surface area (Å²) in [6.07, 6.45) is 0.0531. The molecule has 1 aromatic heterocycles. The van der Waals surface area contributed by atoms with Crippen LogP contribution < -0.4 is 15.6 Å². The van der Waals surface area contributed by atoms with Gasteiger partial charge in [-0.15, -0.1) is 0 Å². The molecule has 0 bridgehead atoms. The summed E-state index contributed by atoms with van der Waals surface area (Å²) in [5.41, 5.74) is 1.44. The van der Waals surface area contributed by atoms with E-state index < -0.39 is 0 Å². The van der Waals surface area contributed by atoms with Crippen molar-refractivity contribution in [1.82, 2.24) is 9.97 Å². The fourth-order valence-corrected chi connectivity index (χ4v) is 1.89. The Morgan fingerprint density at radius 1 is 1.38 bits per heavy atom. The molecule has 0 fully saturated rings. The Morgan fingerprint density at radius 3 is 2.67 bits per heavy atom. The molecule has 108 valence electrons. The third-order valence-corrected chi connectivity index (χ3v) is 2.91. The second-order valence-electron chi connectivity index (χ2n) is 4.40. The highest BCUT2D eigenvalue weighted by molar-refractivity contribution is 5.54. The van der Waals surface area contributed by atoms with E-state index >= 15 is 0 Å². The zero-order chi connectivity index (χ0) is 15.2. The molecule has 2 rings (SSSR count). The lowest BCUT2D eigenvalue weighted by molar-refractivity contribution is 0.340. The van der Waals surface area contributed by atoms with Crippen LogP contribution in [-0.2, 0) is 6.42 Å². The van der Waals surface area contributed by atoms with Crippen molar-refractivity contribution in [3.63, 3.8) is 0 Å². The van der Waals surface area contributed by atoms with Crippen LogP contribution in [0, 0.1) is 18.3 Å². The number of nitrogens with one attached hydrogen (secondary N) is 2. The highest BCUT2D eigenvalue weighted by Gasteiger charge is 2.07. The Bertz CT molecular complexity index is 714. The molecular weight excluding hydrogens is 268 g/mol. The summed E-state index contributed by atoms with van der Waals surface area (Å²) in [5.74, 6) is 1.13. The van der Waals surface area contributed by atoms with Crippen molar-refractivity contribution in [1.29, 1.82) is 5.26 Å². The van der Waals surface area contributed by atoms with E-state index in [2.05, 4.69) is 15.3 Å². The van der Waals surface area contributed by atoms with Crippen LogP contribution in [0.15, 0.2) is 29.1 Å². The second kappa shape index (κ2) is 6.57. The second-order valence-corrected chi connectivity index (χ2v) is 4.40. The maximum atomic E-state index is 11.9. The summed E-state index contributed by atoms with van der Waals surface area (Å²) in [6.45, 7) is 4.25. The first-order chi connectivity index (χ1) is 10.1. The van der Waals surface area contributed by atoms with Crippen LogP contribution in [0.2, 0.25) is 0 Å². The molecule has 0 aliphatic rings. The maximum absolute atomic E-state index is 11.9. The van der Waals surface area contributed by atoms with Gasteiger partial charge in [-0.1, -0.05) is 0 Å². The Morgan fingerprint density at radius 2 is 2.10 bits per heavy atom. The molecule has 0 radical (unpaired) electrons. The number of anilines is 2. The number of aromatic nitrogens is 2. The fourth-order valence-electron chi connectivity index (χ4n) is 1.89. The van der Waals surface area contributed by atoms with Gasteiger partial charge in [0.2, 0.25) is 5.95 Å². The number of rotatable bonds is 5. The maximum Gasteiger partial charge on any atom is 0.256 e. The van der Waals surface area contributed by atoms with E-state index in [1.807, 2.05) is 37.3 Å². The van der Waals surface area contributed by atoms with Crippen molar-refractivity contribution < 1.29 is 4.74 Å². The van der Waals surface area contributed by atoms with Crippen LogP contribution in [0.25, 0.3) is 0 Å². The van der Waals surface area contributed by atoms with Crippen molar-refractivity contribution in [3.8, 4) is 11.8 Å². The van der Waals surface area contributed by atoms with E-state index in [4.69, 9.17) is 10.00 Å². The van der Waals surface area contributed by atoms with E-state index in [-0.39, 0.29) is 12.0 Å². The fraction of sp³-hybridized carbons (Fsp3) is 0.267. The number of hydrogen-bond acceptors (Lipinski definition) is 5. The first-order valence-electron chi connectivity index (χ1n) is 6.60. The number of nitrogens with zero attached hydrogens (tertiary/aromatic N) is 2. The van der Waals surface area contributed by atoms with Crippen molar-refractivity contribution in [2.24, 2.45) is 0 Å². The van der Waals surface area contributed by atoms with Crippen molar-refractivity contribution in [2.45, 2.75) is 20.3 Å². The molecule has 1 aromatic carbocycles. The van der Waals surface area contributed by atoms with Crippen LogP contribution in [0.1, 0.15) is 18.2 Å². The van der Waals surface area contributed by atoms with Crippen LogP contribution in [0.3, 0.4) is 0 Å². The molecule has 0 aliphatic carbocycles. The first-order valence-corrected chi connectivity index (χ1v) is 6.60. The molecule has 0 saturated carbocycles. The standard InChI is InChI=1S/C15H16N4O2/c1-3-21-12-6-4-11(5-7-12)18-15-17-10(2)13(8-9-16)14(20)19-15/h4-7H,3,8H2,1-2H3,(H2,17,18,19,20). The summed E-state index contributed by atoms with van der Waals surface area (Å²) in [4.78, 5) is 18.8. The summed E-state index contributed by atoms with van der Waals surface area (Å²) in [5, 5.41) is 11.7. The SMILES string of the molecule is CCOc1ccc(Nc2nc(C)c(CC#N)c(=O)[nH]2)cc1. The van der Waals surface area contributed by atoms with E-state index in [9.17, 15) is 4.79 Å². The van der Waals surface area contributed by atoms with Crippen LogP contribution in [0.5, 0.6) is 5.75 Å². The molecule has 0 aliphatic heterocycles. The molecule has 2 N–H and O–H groups in total. The monoisotopic (exact) mass is 284 g/mol. The largest absolute Gasteiger partial charge is 0.494 e. The van der Waals surface area contributed by atoms with Gasteiger partial charge >= 0.3 is 0 Å². The minimum absolute atomic E-state index is 0.0531. The van der Waals surface area contributed by atoms with E-state index in [1.165, 1.54) is 0 Å². The lowest BCUT2D eigenvalue weighted by atomic mass is 10.2. The van der Waals surface area contributed by atoms with E-state index in [1.54, 1.807) is 6.92 Å². The first kappa shape index (κ1) is 14.6. The van der Waals surface area contributed by atoms with Gasteiger partial charge in [-0.2, -0.15) is 5.26 Å². The van der Waals surface area contributed by atoms with Crippen LogP contribution in [-0.4, -0.2) is 16.6 Å². The lowest BCUT2D eigenvalue weighted by Gasteiger charge is -2.09. The minimum atomic E-state index is -0.294. The van der Waals surface area contributed by atoms with E-state index in [0.29, 0.717) is 23.8 Å². The molecule has 6 heteroatoms. The number of hydrogen-bond donors (Lipinski definition) is 2. The average molecular weight is 284 g/mol.